The first-order valence-corrected chi connectivity index (χ1v) is 19.3. The molecule has 260 valence electrons. The van der Waals surface area contributed by atoms with Crippen molar-refractivity contribution in [2.24, 2.45) is 0 Å². The predicted molar refractivity (Wildman–Crippen MR) is 186 cm³/mol. The number of rotatable bonds is 30. The van der Waals surface area contributed by atoms with Gasteiger partial charge in [-0.2, -0.15) is 0 Å². The SMILES string of the molecule is CCCCCCCCCCCCC(C)OC(=O)CCN1CCN(CCC(=O)OC(C)CCCCCCCCCCCC)CC1. The predicted octanol–water partition coefficient (Wildman–Crippen LogP) is 9.87. The molecule has 0 aromatic rings. The summed E-state index contributed by atoms with van der Waals surface area (Å²) < 4.78 is 11.4. The van der Waals surface area contributed by atoms with Gasteiger partial charge in [0.05, 0.1) is 25.0 Å². The Hall–Kier alpha value is -1.14. The summed E-state index contributed by atoms with van der Waals surface area (Å²) in [6.07, 6.45) is 29.5. The van der Waals surface area contributed by atoms with Crippen LogP contribution in [0.15, 0.2) is 0 Å². The van der Waals surface area contributed by atoms with Crippen LogP contribution in [0.5, 0.6) is 0 Å². The van der Waals surface area contributed by atoms with Crippen LogP contribution in [0.2, 0.25) is 0 Å². The van der Waals surface area contributed by atoms with Gasteiger partial charge < -0.3 is 19.3 Å². The van der Waals surface area contributed by atoms with Gasteiger partial charge in [0.1, 0.15) is 0 Å². The number of ether oxygens (including phenoxy) is 2. The molecule has 1 saturated heterocycles. The molecule has 0 amide bonds. The van der Waals surface area contributed by atoms with E-state index in [2.05, 4.69) is 23.6 Å². The van der Waals surface area contributed by atoms with E-state index >= 15 is 0 Å². The fourth-order valence-corrected chi connectivity index (χ4v) is 6.26. The molecular weight excluding hydrogens is 548 g/mol. The lowest BCUT2D eigenvalue weighted by molar-refractivity contribution is -0.150. The molecule has 0 N–H and O–H groups in total. The monoisotopic (exact) mass is 623 g/mol. The Kier molecular flexibility index (Phi) is 27.2. The number of piperazine rings is 1. The molecule has 2 unspecified atom stereocenters. The van der Waals surface area contributed by atoms with Gasteiger partial charge in [0.25, 0.3) is 0 Å². The molecule has 1 aliphatic heterocycles. The van der Waals surface area contributed by atoms with Gasteiger partial charge in [0, 0.05) is 39.3 Å². The number of hydrogen-bond donors (Lipinski definition) is 0. The van der Waals surface area contributed by atoms with Crippen LogP contribution in [0.1, 0.15) is 182 Å². The van der Waals surface area contributed by atoms with Crippen molar-refractivity contribution in [2.75, 3.05) is 39.3 Å². The van der Waals surface area contributed by atoms with Crippen molar-refractivity contribution < 1.29 is 19.1 Å². The number of carbonyl (C=O) groups is 2. The molecule has 0 radical (unpaired) electrons. The summed E-state index contributed by atoms with van der Waals surface area (Å²) in [5.41, 5.74) is 0. The smallest absolute Gasteiger partial charge is 0.307 e. The van der Waals surface area contributed by atoms with Gasteiger partial charge in [0.2, 0.25) is 0 Å². The van der Waals surface area contributed by atoms with Crippen LogP contribution >= 0.6 is 0 Å². The third-order valence-electron chi connectivity index (χ3n) is 9.32. The van der Waals surface area contributed by atoms with Gasteiger partial charge in [-0.15, -0.1) is 0 Å². The molecule has 0 bridgehead atoms. The maximum atomic E-state index is 12.4. The minimum Gasteiger partial charge on any atom is -0.463 e. The van der Waals surface area contributed by atoms with Gasteiger partial charge in [-0.3, -0.25) is 9.59 Å². The summed E-state index contributed by atoms with van der Waals surface area (Å²) >= 11 is 0. The molecule has 0 aromatic carbocycles. The molecule has 1 aliphatic rings. The summed E-state index contributed by atoms with van der Waals surface area (Å²) in [7, 11) is 0. The summed E-state index contributed by atoms with van der Waals surface area (Å²) in [4.78, 5) is 29.4. The second-order valence-electron chi connectivity index (χ2n) is 13.7. The first-order chi connectivity index (χ1) is 21.4. The highest BCUT2D eigenvalue weighted by Crippen LogP contribution is 2.15. The topological polar surface area (TPSA) is 59.1 Å². The van der Waals surface area contributed by atoms with E-state index < -0.39 is 0 Å². The Balaban J connectivity index is 1.97. The average molecular weight is 623 g/mol. The lowest BCUT2D eigenvalue weighted by atomic mass is 10.0. The highest BCUT2D eigenvalue weighted by Gasteiger charge is 2.20. The normalized spacial score (nSPS) is 15.7. The molecule has 2 atom stereocenters. The van der Waals surface area contributed by atoms with Crippen molar-refractivity contribution in [1.29, 1.82) is 0 Å². The fourth-order valence-electron chi connectivity index (χ4n) is 6.26. The van der Waals surface area contributed by atoms with Crippen molar-refractivity contribution in [3.8, 4) is 0 Å². The maximum Gasteiger partial charge on any atom is 0.307 e. The highest BCUT2D eigenvalue weighted by molar-refractivity contribution is 5.70. The quantitative estimate of drug-likeness (QED) is 0.0587. The van der Waals surface area contributed by atoms with E-state index in [-0.39, 0.29) is 24.1 Å². The molecule has 1 heterocycles. The van der Waals surface area contributed by atoms with Gasteiger partial charge in [-0.05, 0) is 39.5 Å². The van der Waals surface area contributed by atoms with Crippen molar-refractivity contribution in [2.45, 2.75) is 194 Å². The number of carbonyl (C=O) groups excluding carboxylic acids is 2. The maximum absolute atomic E-state index is 12.4. The molecule has 1 rings (SSSR count). The van der Waals surface area contributed by atoms with E-state index in [0.717, 1.165) is 65.0 Å². The molecular formula is C38H74N2O4. The van der Waals surface area contributed by atoms with Crippen molar-refractivity contribution in [3.63, 3.8) is 0 Å². The van der Waals surface area contributed by atoms with Crippen LogP contribution in [-0.2, 0) is 19.1 Å². The molecule has 6 nitrogen and oxygen atoms in total. The number of unbranched alkanes of at least 4 members (excludes halogenated alkanes) is 18. The summed E-state index contributed by atoms with van der Waals surface area (Å²) in [6, 6.07) is 0. The molecule has 0 saturated carbocycles. The van der Waals surface area contributed by atoms with Gasteiger partial charge in [0.15, 0.2) is 0 Å². The van der Waals surface area contributed by atoms with Gasteiger partial charge >= 0.3 is 11.9 Å². The highest BCUT2D eigenvalue weighted by atomic mass is 16.5. The zero-order valence-electron chi connectivity index (χ0n) is 29.9. The Morgan fingerprint density at radius 3 is 1.05 bits per heavy atom. The van der Waals surface area contributed by atoms with Crippen LogP contribution in [-0.4, -0.2) is 73.2 Å². The van der Waals surface area contributed by atoms with Gasteiger partial charge in [-0.25, -0.2) is 0 Å². The molecule has 0 aliphatic carbocycles. The van der Waals surface area contributed by atoms with E-state index in [1.165, 1.54) is 116 Å². The summed E-state index contributed by atoms with van der Waals surface area (Å²) in [5.74, 6) is -0.136. The average Bonchev–Trinajstić information content (AvgIpc) is 3.01. The largest absolute Gasteiger partial charge is 0.463 e. The van der Waals surface area contributed by atoms with Crippen LogP contribution in [0.4, 0.5) is 0 Å². The lowest BCUT2D eigenvalue weighted by Crippen LogP contribution is -2.47. The number of hydrogen-bond acceptors (Lipinski definition) is 6. The molecule has 6 heteroatoms. The Morgan fingerprint density at radius 1 is 0.477 bits per heavy atom. The van der Waals surface area contributed by atoms with E-state index in [1.807, 2.05) is 13.8 Å². The first-order valence-electron chi connectivity index (χ1n) is 19.3. The fraction of sp³-hybridized carbons (Fsp3) is 0.947. The zero-order chi connectivity index (χ0) is 32.1. The third-order valence-corrected chi connectivity index (χ3v) is 9.32. The molecule has 44 heavy (non-hydrogen) atoms. The van der Waals surface area contributed by atoms with E-state index in [4.69, 9.17) is 9.47 Å². The minimum absolute atomic E-state index is 0.0192. The van der Waals surface area contributed by atoms with E-state index in [1.54, 1.807) is 0 Å². The summed E-state index contributed by atoms with van der Waals surface area (Å²) in [5, 5.41) is 0. The van der Waals surface area contributed by atoms with Crippen LogP contribution < -0.4 is 0 Å². The first kappa shape index (κ1) is 40.9. The third kappa shape index (κ3) is 25.1. The Morgan fingerprint density at radius 2 is 0.750 bits per heavy atom. The zero-order valence-corrected chi connectivity index (χ0v) is 29.9. The molecule has 0 aromatic heterocycles. The molecule has 1 fully saturated rings. The van der Waals surface area contributed by atoms with Crippen LogP contribution in [0, 0.1) is 0 Å². The second-order valence-corrected chi connectivity index (χ2v) is 13.7. The van der Waals surface area contributed by atoms with Gasteiger partial charge in [-0.1, -0.05) is 129 Å². The number of nitrogens with zero attached hydrogens (tertiary/aromatic N) is 2. The van der Waals surface area contributed by atoms with Crippen molar-refractivity contribution >= 4 is 11.9 Å². The van der Waals surface area contributed by atoms with E-state index in [0.29, 0.717) is 12.8 Å². The van der Waals surface area contributed by atoms with Crippen LogP contribution in [0.25, 0.3) is 0 Å². The van der Waals surface area contributed by atoms with Crippen molar-refractivity contribution in [3.05, 3.63) is 0 Å². The van der Waals surface area contributed by atoms with Crippen LogP contribution in [0.3, 0.4) is 0 Å². The minimum atomic E-state index is -0.0679. The molecule has 0 spiro atoms. The Labute approximate surface area is 273 Å². The number of esters is 2. The standard InChI is InChI=1S/C38H74N2O4/c1-5-7-9-11-13-15-17-19-21-23-25-35(3)43-37(41)27-29-39-31-33-40(34-32-39)30-28-38(42)44-36(4)26-24-22-20-18-16-14-12-10-8-6-2/h35-36H,5-34H2,1-4H3. The second kappa shape index (κ2) is 29.3. The lowest BCUT2D eigenvalue weighted by Gasteiger charge is -2.34. The van der Waals surface area contributed by atoms with E-state index in [9.17, 15) is 9.59 Å². The Bertz CT molecular complexity index is 609. The summed E-state index contributed by atoms with van der Waals surface area (Å²) in [6.45, 7) is 13.9. The van der Waals surface area contributed by atoms with Crippen molar-refractivity contribution in [1.82, 2.24) is 9.80 Å².